The summed E-state index contributed by atoms with van der Waals surface area (Å²) < 4.78 is 8.03. The number of nitrogens with one attached hydrogen (secondary N) is 2. The number of ether oxygens (including phenoxy) is 1. The Bertz CT molecular complexity index is 1890. The highest BCUT2D eigenvalue weighted by Crippen LogP contribution is 2.45. The van der Waals surface area contributed by atoms with E-state index in [0.29, 0.717) is 44.1 Å². The molecular formula is C36H36N5O3S2+. The number of hydrogen-bond donors (Lipinski definition) is 2. The van der Waals surface area contributed by atoms with Crippen molar-refractivity contribution >= 4 is 62.7 Å². The number of thioether (sulfide) groups is 1. The summed E-state index contributed by atoms with van der Waals surface area (Å²) >= 11 is 3.22. The minimum atomic E-state index is -0.293. The zero-order valence-electron chi connectivity index (χ0n) is 25.9. The molecule has 0 unspecified atom stereocenters. The summed E-state index contributed by atoms with van der Waals surface area (Å²) in [5.41, 5.74) is 4.46. The van der Waals surface area contributed by atoms with Gasteiger partial charge in [0.1, 0.15) is 11.5 Å². The third kappa shape index (κ3) is 7.75. The van der Waals surface area contributed by atoms with Crippen LogP contribution >= 0.6 is 23.1 Å². The molecule has 0 atom stereocenters. The Kier molecular flexibility index (Phi) is 9.95. The fraction of sp³-hybridized carbons (Fsp3) is 0.222. The molecule has 0 fully saturated rings. The van der Waals surface area contributed by atoms with E-state index in [9.17, 15) is 9.59 Å². The number of nitrogens with zero attached hydrogens (tertiary/aromatic N) is 3. The number of benzene rings is 3. The molecule has 0 radical (unpaired) electrons. The number of amides is 2. The average molecular weight is 651 g/mol. The lowest BCUT2D eigenvalue weighted by Gasteiger charge is -2.13. The zero-order valence-corrected chi connectivity index (χ0v) is 27.5. The molecule has 0 aliphatic carbocycles. The van der Waals surface area contributed by atoms with Gasteiger partial charge in [0.15, 0.2) is 17.9 Å². The van der Waals surface area contributed by atoms with E-state index in [1.165, 1.54) is 32.3 Å². The standard InChI is InChI=1S/C36H35N5O3S2/c1-25-23-38-36(45-25)39-35(43)37-24-26-13-15-29(16-14-26)44-21-7-8-28(42)18-20-41-19-17-27(30-9-3-4-10-31(30)41)22-34-40(2)32-11-5-6-12-33(32)46-34/h3-6,9-17,19,22-23H,7-8,18,20-21,24H2,1-2H3,(H-,37,38,39,43)/p+1. The van der Waals surface area contributed by atoms with E-state index in [0.717, 1.165) is 27.3 Å². The molecule has 5 aromatic rings. The van der Waals surface area contributed by atoms with E-state index >= 15 is 0 Å². The van der Waals surface area contributed by atoms with E-state index in [2.05, 4.69) is 92.9 Å². The molecule has 234 valence electrons. The maximum atomic E-state index is 12.8. The maximum absolute atomic E-state index is 12.8. The Hall–Kier alpha value is -4.67. The van der Waals surface area contributed by atoms with Gasteiger partial charge in [0.2, 0.25) is 5.52 Å². The van der Waals surface area contributed by atoms with Crippen LogP contribution in [-0.2, 0) is 17.9 Å². The second kappa shape index (κ2) is 14.6. The first-order valence-corrected chi connectivity index (χ1v) is 16.9. The molecule has 0 saturated carbocycles. The normalized spacial score (nSPS) is 13.2. The van der Waals surface area contributed by atoms with E-state index in [1.54, 1.807) is 18.0 Å². The largest absolute Gasteiger partial charge is 0.494 e. The van der Waals surface area contributed by atoms with Crippen molar-refractivity contribution < 1.29 is 18.9 Å². The van der Waals surface area contributed by atoms with Crippen LogP contribution in [0.25, 0.3) is 17.0 Å². The number of fused-ring (bicyclic) bond motifs is 2. The molecule has 0 bridgehead atoms. The van der Waals surface area contributed by atoms with Gasteiger partial charge in [-0.3, -0.25) is 10.1 Å². The minimum absolute atomic E-state index is 0.223. The lowest BCUT2D eigenvalue weighted by atomic mass is 10.1. The molecule has 46 heavy (non-hydrogen) atoms. The number of urea groups is 1. The predicted octanol–water partition coefficient (Wildman–Crippen LogP) is 7.57. The molecular weight excluding hydrogens is 615 g/mol. The molecule has 6 rings (SSSR count). The summed E-state index contributed by atoms with van der Waals surface area (Å²) in [7, 11) is 2.11. The van der Waals surface area contributed by atoms with Crippen LogP contribution in [0.1, 0.15) is 35.3 Å². The molecule has 2 amide bonds. The van der Waals surface area contributed by atoms with Gasteiger partial charge in [-0.2, -0.15) is 4.57 Å². The lowest BCUT2D eigenvalue weighted by molar-refractivity contribution is -0.670. The number of carbonyl (C=O) groups is 2. The van der Waals surface area contributed by atoms with Crippen molar-refractivity contribution in [2.75, 3.05) is 23.9 Å². The highest BCUT2D eigenvalue weighted by Gasteiger charge is 2.22. The SMILES string of the molecule is Cc1cnc(NC(=O)NCc2ccc(OCCCC(=O)CC[n+]3ccc(/C=C4\Sc5ccccc5N4C)c4ccccc43)cc2)s1. The summed E-state index contributed by atoms with van der Waals surface area (Å²) in [4.78, 5) is 33.5. The van der Waals surface area contributed by atoms with Gasteiger partial charge in [-0.05, 0) is 60.9 Å². The average Bonchev–Trinajstić information content (AvgIpc) is 3.63. The van der Waals surface area contributed by atoms with Gasteiger partial charge >= 0.3 is 6.03 Å². The van der Waals surface area contributed by atoms with Gasteiger partial charge < -0.3 is 15.0 Å². The van der Waals surface area contributed by atoms with Crippen LogP contribution in [-0.4, -0.2) is 30.5 Å². The fourth-order valence-corrected chi connectivity index (χ4v) is 7.04. The number of pyridine rings is 1. The predicted molar refractivity (Wildman–Crippen MR) is 186 cm³/mol. The third-order valence-electron chi connectivity index (χ3n) is 7.73. The number of Topliss-reactive ketones (excluding diaryl/α,β-unsaturated/α-hetero) is 1. The quantitative estimate of drug-likeness (QED) is 0.107. The van der Waals surface area contributed by atoms with Crippen molar-refractivity contribution in [3.63, 3.8) is 0 Å². The van der Waals surface area contributed by atoms with E-state index in [4.69, 9.17) is 4.74 Å². The second-order valence-electron chi connectivity index (χ2n) is 11.1. The molecule has 8 nitrogen and oxygen atoms in total. The molecule has 2 N–H and O–H groups in total. The smallest absolute Gasteiger partial charge is 0.321 e. The third-order valence-corrected chi connectivity index (χ3v) is 9.72. The van der Waals surface area contributed by atoms with Crippen LogP contribution in [0.5, 0.6) is 5.75 Å². The first-order chi connectivity index (χ1) is 22.4. The molecule has 0 saturated heterocycles. The minimum Gasteiger partial charge on any atom is -0.494 e. The Labute approximate surface area is 277 Å². The van der Waals surface area contributed by atoms with Crippen LogP contribution in [0.3, 0.4) is 0 Å². The van der Waals surface area contributed by atoms with Crippen LogP contribution in [0.15, 0.2) is 101 Å². The molecule has 0 spiro atoms. The van der Waals surface area contributed by atoms with Gasteiger partial charge in [-0.15, -0.1) is 11.3 Å². The highest BCUT2D eigenvalue weighted by molar-refractivity contribution is 8.03. The van der Waals surface area contributed by atoms with Gasteiger partial charge in [-0.1, -0.05) is 48.2 Å². The Morgan fingerprint density at radius 1 is 1.00 bits per heavy atom. The van der Waals surface area contributed by atoms with E-state index < -0.39 is 0 Å². The number of hydrogen-bond acceptors (Lipinski definition) is 7. The zero-order chi connectivity index (χ0) is 31.9. The van der Waals surface area contributed by atoms with Crippen molar-refractivity contribution in [2.24, 2.45) is 0 Å². The number of para-hydroxylation sites is 2. The van der Waals surface area contributed by atoms with Crippen LogP contribution in [0.4, 0.5) is 15.6 Å². The van der Waals surface area contributed by atoms with Gasteiger partial charge in [0.25, 0.3) is 0 Å². The molecule has 10 heteroatoms. The van der Waals surface area contributed by atoms with Crippen molar-refractivity contribution in [1.82, 2.24) is 10.3 Å². The monoisotopic (exact) mass is 650 g/mol. The summed E-state index contributed by atoms with van der Waals surface area (Å²) in [5, 5.41) is 8.49. The van der Waals surface area contributed by atoms with E-state index in [-0.39, 0.29) is 11.8 Å². The maximum Gasteiger partial charge on any atom is 0.321 e. The lowest BCUT2D eigenvalue weighted by Crippen LogP contribution is -2.35. The summed E-state index contributed by atoms with van der Waals surface area (Å²) in [6.07, 6.45) is 7.67. The number of carbonyl (C=O) groups excluding carboxylic acids is 2. The van der Waals surface area contributed by atoms with Crippen molar-refractivity contribution in [1.29, 1.82) is 0 Å². The van der Waals surface area contributed by atoms with E-state index in [1.807, 2.05) is 37.3 Å². The summed E-state index contributed by atoms with van der Waals surface area (Å²) in [6.45, 7) is 3.43. The van der Waals surface area contributed by atoms with Crippen LogP contribution in [0.2, 0.25) is 0 Å². The first kappa shape index (κ1) is 31.3. The molecule has 1 aliphatic rings. The topological polar surface area (TPSA) is 87.4 Å². The van der Waals surface area contributed by atoms with Crippen LogP contribution in [0, 0.1) is 6.92 Å². The molecule has 1 aliphatic heterocycles. The van der Waals surface area contributed by atoms with Crippen LogP contribution < -0.4 is 24.8 Å². The van der Waals surface area contributed by atoms with Crippen molar-refractivity contribution in [3.05, 3.63) is 112 Å². The Balaban J connectivity index is 0.948. The second-order valence-corrected chi connectivity index (χ2v) is 13.4. The number of aromatic nitrogens is 2. The summed E-state index contributed by atoms with van der Waals surface area (Å²) in [5.74, 6) is 0.961. The number of anilines is 2. The Morgan fingerprint density at radius 3 is 2.61 bits per heavy atom. The number of rotatable bonds is 12. The highest BCUT2D eigenvalue weighted by atomic mass is 32.2. The molecule has 3 aromatic carbocycles. The van der Waals surface area contributed by atoms with Crippen molar-refractivity contribution in [3.8, 4) is 5.75 Å². The number of aryl methyl sites for hydroxylation is 2. The van der Waals surface area contributed by atoms with Crippen molar-refractivity contribution in [2.45, 2.75) is 44.2 Å². The fourth-order valence-electron chi connectivity index (χ4n) is 5.28. The molecule has 2 aromatic heterocycles. The molecule has 3 heterocycles. The number of ketones is 1. The number of thiazole rings is 1. The Morgan fingerprint density at radius 2 is 1.80 bits per heavy atom. The first-order valence-electron chi connectivity index (χ1n) is 15.3. The summed E-state index contributed by atoms with van der Waals surface area (Å²) in [6, 6.07) is 26.3. The van der Waals surface area contributed by atoms with Gasteiger partial charge in [-0.25, -0.2) is 9.78 Å². The van der Waals surface area contributed by atoms with Gasteiger partial charge in [0, 0.05) is 48.1 Å². The van der Waals surface area contributed by atoms with Gasteiger partial charge in [0.05, 0.1) is 29.1 Å².